The maximum atomic E-state index is 5.92. The highest BCUT2D eigenvalue weighted by Crippen LogP contribution is 2.28. The Kier molecular flexibility index (Phi) is 3.26. The topological polar surface area (TPSA) is 26.0 Å². The van der Waals surface area contributed by atoms with E-state index >= 15 is 0 Å². The van der Waals surface area contributed by atoms with E-state index in [9.17, 15) is 0 Å². The van der Waals surface area contributed by atoms with Gasteiger partial charge in [-0.05, 0) is 43.9 Å². The van der Waals surface area contributed by atoms with Gasteiger partial charge in [-0.1, -0.05) is 17.2 Å². The highest BCUT2D eigenvalue weighted by Gasteiger charge is 2.12. The molecule has 2 rings (SSSR count). The molecule has 3 heteroatoms. The van der Waals surface area contributed by atoms with Crippen LogP contribution in [0.2, 0.25) is 4.34 Å². The number of rotatable bonds is 1. The molecule has 0 amide bonds. The third-order valence-electron chi connectivity index (χ3n) is 2.54. The van der Waals surface area contributed by atoms with E-state index in [1.165, 1.54) is 29.7 Å². The average Bonchev–Trinajstić information content (AvgIpc) is 2.51. The fourth-order valence-electron chi connectivity index (χ4n) is 1.87. The van der Waals surface area contributed by atoms with Crippen molar-refractivity contribution in [1.82, 2.24) is 0 Å². The van der Waals surface area contributed by atoms with Crippen LogP contribution in [0.3, 0.4) is 0 Å². The number of halogens is 1. The molecule has 0 aromatic carbocycles. The Labute approximate surface area is 93.6 Å². The maximum absolute atomic E-state index is 5.92. The summed E-state index contributed by atoms with van der Waals surface area (Å²) in [5, 5.41) is 0. The van der Waals surface area contributed by atoms with Crippen LogP contribution in [0.25, 0.3) is 6.08 Å². The molecular weight excluding hydrogens is 214 g/mol. The van der Waals surface area contributed by atoms with Crippen LogP contribution in [0.4, 0.5) is 0 Å². The van der Waals surface area contributed by atoms with Crippen molar-refractivity contribution in [1.29, 1.82) is 0 Å². The Balaban J connectivity index is 2.09. The van der Waals surface area contributed by atoms with Gasteiger partial charge >= 0.3 is 0 Å². The minimum Gasteiger partial charge on any atom is -0.327 e. The molecular formula is C11H14ClNS. The van der Waals surface area contributed by atoms with Crippen LogP contribution in [-0.4, -0.2) is 6.04 Å². The zero-order valence-corrected chi connectivity index (χ0v) is 9.57. The summed E-state index contributed by atoms with van der Waals surface area (Å²) in [7, 11) is 0. The Hall–Kier alpha value is -0.310. The normalized spacial score (nSPS) is 25.6. The van der Waals surface area contributed by atoms with Crippen LogP contribution in [0.15, 0.2) is 17.7 Å². The van der Waals surface area contributed by atoms with Crippen LogP contribution in [0.1, 0.15) is 30.6 Å². The van der Waals surface area contributed by atoms with Crippen molar-refractivity contribution in [3.8, 4) is 0 Å². The van der Waals surface area contributed by atoms with E-state index in [1.807, 2.05) is 6.07 Å². The smallest absolute Gasteiger partial charge is 0.0934 e. The van der Waals surface area contributed by atoms with Crippen molar-refractivity contribution >= 4 is 29.0 Å². The van der Waals surface area contributed by atoms with Gasteiger partial charge in [0.15, 0.2) is 0 Å². The monoisotopic (exact) mass is 227 g/mol. The van der Waals surface area contributed by atoms with Crippen molar-refractivity contribution in [2.75, 3.05) is 0 Å². The van der Waals surface area contributed by atoms with Gasteiger partial charge in [0.05, 0.1) is 4.34 Å². The number of nitrogens with two attached hydrogens (primary N) is 1. The van der Waals surface area contributed by atoms with Gasteiger partial charge in [-0.25, -0.2) is 0 Å². The fraction of sp³-hybridized carbons (Fsp3) is 0.455. The molecule has 2 N–H and O–H groups in total. The summed E-state index contributed by atoms with van der Waals surface area (Å²) in [5.41, 5.74) is 7.39. The van der Waals surface area contributed by atoms with Gasteiger partial charge in [-0.2, -0.15) is 0 Å². The lowest BCUT2D eigenvalue weighted by Crippen LogP contribution is -2.23. The van der Waals surface area contributed by atoms with Crippen LogP contribution in [-0.2, 0) is 0 Å². The predicted molar refractivity (Wildman–Crippen MR) is 63.7 cm³/mol. The summed E-state index contributed by atoms with van der Waals surface area (Å²) in [4.78, 5) is 1.25. The first-order chi connectivity index (χ1) is 6.74. The molecule has 1 saturated carbocycles. The first-order valence-corrected chi connectivity index (χ1v) is 6.14. The molecule has 1 aromatic rings. The largest absolute Gasteiger partial charge is 0.327 e. The van der Waals surface area contributed by atoms with Gasteiger partial charge in [-0.15, -0.1) is 11.3 Å². The van der Waals surface area contributed by atoms with E-state index in [2.05, 4.69) is 12.1 Å². The third-order valence-corrected chi connectivity index (χ3v) is 3.72. The van der Waals surface area contributed by atoms with Gasteiger partial charge in [0, 0.05) is 10.9 Å². The lowest BCUT2D eigenvalue weighted by atomic mass is 9.91. The molecule has 0 bridgehead atoms. The molecule has 1 atom stereocenters. The highest BCUT2D eigenvalue weighted by molar-refractivity contribution is 7.17. The molecule has 1 nitrogen and oxygen atoms in total. The lowest BCUT2D eigenvalue weighted by molar-refractivity contribution is 0.520. The van der Waals surface area contributed by atoms with Crippen LogP contribution < -0.4 is 5.73 Å². The first-order valence-electron chi connectivity index (χ1n) is 4.94. The number of thiophene rings is 1. The lowest BCUT2D eigenvalue weighted by Gasteiger charge is -2.20. The molecule has 0 aliphatic heterocycles. The quantitative estimate of drug-likeness (QED) is 0.778. The van der Waals surface area contributed by atoms with Crippen LogP contribution in [0.5, 0.6) is 0 Å². The predicted octanol–water partition coefficient (Wildman–Crippen LogP) is 3.69. The second kappa shape index (κ2) is 4.47. The van der Waals surface area contributed by atoms with E-state index < -0.39 is 0 Å². The SMILES string of the molecule is NC1CCCC(=Cc2ccc(Cl)s2)C1. The summed E-state index contributed by atoms with van der Waals surface area (Å²) >= 11 is 7.50. The van der Waals surface area contributed by atoms with Gasteiger partial charge in [0.25, 0.3) is 0 Å². The van der Waals surface area contributed by atoms with Crippen molar-refractivity contribution < 1.29 is 0 Å². The van der Waals surface area contributed by atoms with Crippen molar-refractivity contribution in [2.24, 2.45) is 5.73 Å². The van der Waals surface area contributed by atoms with Crippen molar-refractivity contribution in [2.45, 2.75) is 31.7 Å². The standard InChI is InChI=1S/C11H14ClNS/c12-11-5-4-10(14-11)7-8-2-1-3-9(13)6-8/h4-5,7,9H,1-3,6,13H2. The summed E-state index contributed by atoms with van der Waals surface area (Å²) in [6.45, 7) is 0. The van der Waals surface area contributed by atoms with Gasteiger partial charge in [-0.3, -0.25) is 0 Å². The summed E-state index contributed by atoms with van der Waals surface area (Å²) in [6.07, 6.45) is 6.89. The van der Waals surface area contributed by atoms with Crippen LogP contribution >= 0.6 is 22.9 Å². The van der Waals surface area contributed by atoms with E-state index in [1.54, 1.807) is 11.3 Å². The molecule has 1 aliphatic carbocycles. The molecule has 1 fully saturated rings. The zero-order valence-electron chi connectivity index (χ0n) is 8.00. The molecule has 14 heavy (non-hydrogen) atoms. The molecule has 1 unspecified atom stereocenters. The van der Waals surface area contributed by atoms with Gasteiger partial charge in [0.2, 0.25) is 0 Å². The Morgan fingerprint density at radius 2 is 2.36 bits per heavy atom. The average molecular weight is 228 g/mol. The third kappa shape index (κ3) is 2.59. The van der Waals surface area contributed by atoms with Crippen LogP contribution in [0, 0.1) is 0 Å². The fourth-order valence-corrected chi connectivity index (χ4v) is 2.92. The van der Waals surface area contributed by atoms with Gasteiger partial charge < -0.3 is 5.73 Å². The van der Waals surface area contributed by atoms with Crippen molar-refractivity contribution in [3.05, 3.63) is 26.9 Å². The Bertz CT molecular complexity index is 343. The molecule has 0 spiro atoms. The van der Waals surface area contributed by atoms with E-state index in [0.29, 0.717) is 6.04 Å². The molecule has 1 aliphatic rings. The molecule has 0 radical (unpaired) electrons. The van der Waals surface area contributed by atoms with E-state index in [0.717, 1.165) is 10.8 Å². The first kappa shape index (κ1) is 10.2. The Morgan fingerprint density at radius 3 is 3.00 bits per heavy atom. The second-order valence-electron chi connectivity index (χ2n) is 3.80. The minimum absolute atomic E-state index is 0.366. The summed E-state index contributed by atoms with van der Waals surface area (Å²) in [6, 6.07) is 4.38. The van der Waals surface area contributed by atoms with Crippen molar-refractivity contribution in [3.63, 3.8) is 0 Å². The van der Waals surface area contributed by atoms with E-state index in [4.69, 9.17) is 17.3 Å². The second-order valence-corrected chi connectivity index (χ2v) is 5.55. The van der Waals surface area contributed by atoms with E-state index in [-0.39, 0.29) is 0 Å². The summed E-state index contributed by atoms with van der Waals surface area (Å²) in [5.74, 6) is 0. The number of hydrogen-bond donors (Lipinski definition) is 1. The molecule has 0 saturated heterocycles. The minimum atomic E-state index is 0.366. The molecule has 1 aromatic heterocycles. The van der Waals surface area contributed by atoms with Gasteiger partial charge in [0.1, 0.15) is 0 Å². The number of hydrogen-bond acceptors (Lipinski definition) is 2. The molecule has 1 heterocycles. The summed E-state index contributed by atoms with van der Waals surface area (Å²) < 4.78 is 0.858. The Morgan fingerprint density at radius 1 is 1.50 bits per heavy atom. The zero-order chi connectivity index (χ0) is 9.97. The molecule has 76 valence electrons. The maximum Gasteiger partial charge on any atom is 0.0934 e. The highest BCUT2D eigenvalue weighted by atomic mass is 35.5.